The molecule has 5 nitrogen and oxygen atoms in total. The minimum absolute atomic E-state index is 0.144. The zero-order valence-corrected chi connectivity index (χ0v) is 11.9. The van der Waals surface area contributed by atoms with Crippen LogP contribution in [-0.4, -0.2) is 22.5 Å². The number of carbonyl (C=O) groups is 1. The molecule has 0 saturated heterocycles. The Morgan fingerprint density at radius 1 is 1.37 bits per heavy atom. The highest BCUT2D eigenvalue weighted by Crippen LogP contribution is 2.21. The lowest BCUT2D eigenvalue weighted by Gasteiger charge is -2.11. The van der Waals surface area contributed by atoms with Gasteiger partial charge in [0.15, 0.2) is 0 Å². The molecule has 0 aromatic carbocycles. The van der Waals surface area contributed by atoms with Crippen molar-refractivity contribution in [2.45, 2.75) is 20.8 Å². The van der Waals surface area contributed by atoms with Crippen molar-refractivity contribution in [3.8, 4) is 6.01 Å². The summed E-state index contributed by atoms with van der Waals surface area (Å²) in [5.74, 6) is -0.144. The van der Waals surface area contributed by atoms with E-state index in [1.54, 1.807) is 6.07 Å². The van der Waals surface area contributed by atoms with E-state index in [1.165, 1.54) is 11.3 Å². The van der Waals surface area contributed by atoms with Gasteiger partial charge in [-0.25, -0.2) is 0 Å². The smallest absolute Gasteiger partial charge is 0.316 e. The summed E-state index contributed by atoms with van der Waals surface area (Å²) in [6.45, 7) is 6.03. The van der Waals surface area contributed by atoms with E-state index in [0.717, 1.165) is 0 Å². The average Bonchev–Trinajstić information content (AvgIpc) is 2.88. The molecule has 19 heavy (non-hydrogen) atoms. The van der Waals surface area contributed by atoms with E-state index in [4.69, 9.17) is 4.74 Å². The monoisotopic (exact) mass is 277 g/mol. The van der Waals surface area contributed by atoms with Crippen LogP contribution in [0.4, 0.5) is 5.69 Å². The molecule has 0 radical (unpaired) electrons. The molecule has 0 unspecified atom stereocenters. The molecule has 6 heteroatoms. The molecule has 0 aliphatic heterocycles. The first-order chi connectivity index (χ1) is 9.11. The number of rotatable bonds is 4. The Morgan fingerprint density at radius 2 is 2.05 bits per heavy atom. The molecule has 0 saturated carbocycles. The number of aromatic nitrogens is 2. The summed E-state index contributed by atoms with van der Waals surface area (Å²) in [5, 5.41) is 4.71. The summed E-state index contributed by atoms with van der Waals surface area (Å²) in [6.07, 6.45) is 0. The Balaban J connectivity index is 2.23. The molecule has 1 N–H and O–H groups in total. The highest BCUT2D eigenvalue weighted by Gasteiger charge is 2.13. The van der Waals surface area contributed by atoms with Gasteiger partial charge in [0.1, 0.15) is 0 Å². The van der Waals surface area contributed by atoms with Crippen LogP contribution >= 0.6 is 11.3 Å². The van der Waals surface area contributed by atoms with Crippen LogP contribution in [0.15, 0.2) is 17.5 Å². The molecule has 0 aliphatic carbocycles. The summed E-state index contributed by atoms with van der Waals surface area (Å²) in [5.41, 5.74) is 2.03. The summed E-state index contributed by atoms with van der Waals surface area (Å²) in [7, 11) is 0. The summed E-state index contributed by atoms with van der Waals surface area (Å²) in [6, 6.07) is 3.96. The van der Waals surface area contributed by atoms with Crippen LogP contribution in [0.2, 0.25) is 0 Å². The third-order valence-electron chi connectivity index (χ3n) is 2.51. The number of anilines is 1. The SMILES string of the molecule is CCOc1nc(C)c(NC(=O)c2cccs2)c(C)n1. The van der Waals surface area contributed by atoms with E-state index in [0.29, 0.717) is 34.6 Å². The maximum absolute atomic E-state index is 12.0. The molecule has 0 aliphatic rings. The van der Waals surface area contributed by atoms with Crippen LogP contribution in [0, 0.1) is 13.8 Å². The third-order valence-corrected chi connectivity index (χ3v) is 3.38. The van der Waals surface area contributed by atoms with Gasteiger partial charge in [-0.2, -0.15) is 9.97 Å². The van der Waals surface area contributed by atoms with Crippen molar-refractivity contribution in [3.63, 3.8) is 0 Å². The lowest BCUT2D eigenvalue weighted by Crippen LogP contribution is -2.14. The van der Waals surface area contributed by atoms with Crippen molar-refractivity contribution < 1.29 is 9.53 Å². The van der Waals surface area contributed by atoms with Gasteiger partial charge in [-0.1, -0.05) is 6.07 Å². The minimum Gasteiger partial charge on any atom is -0.464 e. The lowest BCUT2D eigenvalue weighted by molar-refractivity contribution is 0.103. The first-order valence-corrected chi connectivity index (χ1v) is 6.82. The van der Waals surface area contributed by atoms with E-state index in [-0.39, 0.29) is 5.91 Å². The molecule has 0 atom stereocenters. The van der Waals surface area contributed by atoms with Gasteiger partial charge in [0.05, 0.1) is 28.6 Å². The normalized spacial score (nSPS) is 10.3. The van der Waals surface area contributed by atoms with Crippen LogP contribution in [0.1, 0.15) is 28.0 Å². The third kappa shape index (κ3) is 3.08. The average molecular weight is 277 g/mol. The Bertz CT molecular complexity index is 559. The number of nitrogens with one attached hydrogen (secondary N) is 1. The predicted molar refractivity (Wildman–Crippen MR) is 74.9 cm³/mol. The van der Waals surface area contributed by atoms with Crippen molar-refractivity contribution in [2.24, 2.45) is 0 Å². The Kier molecular flexibility index (Phi) is 4.11. The van der Waals surface area contributed by atoms with Gasteiger partial charge in [-0.3, -0.25) is 4.79 Å². The van der Waals surface area contributed by atoms with Gasteiger partial charge in [-0.15, -0.1) is 11.3 Å². The Labute approximate surface area is 115 Å². The van der Waals surface area contributed by atoms with Gasteiger partial charge in [0.25, 0.3) is 5.91 Å². The molecule has 1 amide bonds. The fourth-order valence-corrected chi connectivity index (χ4v) is 2.26. The fourth-order valence-electron chi connectivity index (χ4n) is 1.64. The maximum Gasteiger partial charge on any atom is 0.316 e. The predicted octanol–water partition coefficient (Wildman–Crippen LogP) is 2.81. The molecule has 0 fully saturated rings. The topological polar surface area (TPSA) is 64.1 Å². The number of nitrogens with zero attached hydrogens (tertiary/aromatic N) is 2. The minimum atomic E-state index is -0.144. The van der Waals surface area contributed by atoms with E-state index in [9.17, 15) is 4.79 Å². The number of thiophene rings is 1. The zero-order chi connectivity index (χ0) is 13.8. The highest BCUT2D eigenvalue weighted by molar-refractivity contribution is 7.12. The molecule has 2 heterocycles. The van der Waals surface area contributed by atoms with Gasteiger partial charge in [0, 0.05) is 0 Å². The van der Waals surface area contributed by atoms with E-state index < -0.39 is 0 Å². The first-order valence-electron chi connectivity index (χ1n) is 5.94. The molecular weight excluding hydrogens is 262 g/mol. The number of carbonyl (C=O) groups excluding carboxylic acids is 1. The number of hydrogen-bond donors (Lipinski definition) is 1. The number of amides is 1. The number of ether oxygens (including phenoxy) is 1. The Hall–Kier alpha value is -1.95. The zero-order valence-electron chi connectivity index (χ0n) is 11.1. The summed E-state index contributed by atoms with van der Waals surface area (Å²) in [4.78, 5) is 21.1. The van der Waals surface area contributed by atoms with Crippen molar-refractivity contribution in [1.82, 2.24) is 9.97 Å². The fraction of sp³-hybridized carbons (Fsp3) is 0.308. The standard InChI is InChI=1S/C13H15N3O2S/c1-4-18-13-14-8(2)11(9(3)15-13)16-12(17)10-6-5-7-19-10/h5-7H,4H2,1-3H3,(H,16,17). The van der Waals surface area contributed by atoms with Crippen LogP contribution < -0.4 is 10.1 Å². The van der Waals surface area contributed by atoms with Crippen LogP contribution in [0.25, 0.3) is 0 Å². The molecule has 0 bridgehead atoms. The van der Waals surface area contributed by atoms with Crippen molar-refractivity contribution in [1.29, 1.82) is 0 Å². The van der Waals surface area contributed by atoms with E-state index in [1.807, 2.05) is 32.2 Å². The van der Waals surface area contributed by atoms with Gasteiger partial charge in [-0.05, 0) is 32.2 Å². The number of hydrogen-bond acceptors (Lipinski definition) is 5. The van der Waals surface area contributed by atoms with Crippen molar-refractivity contribution >= 4 is 22.9 Å². The molecule has 100 valence electrons. The molecule has 2 rings (SSSR count). The molecular formula is C13H15N3O2S. The van der Waals surface area contributed by atoms with Crippen molar-refractivity contribution in [2.75, 3.05) is 11.9 Å². The largest absolute Gasteiger partial charge is 0.464 e. The van der Waals surface area contributed by atoms with Gasteiger partial charge in [0.2, 0.25) is 0 Å². The van der Waals surface area contributed by atoms with Crippen LogP contribution in [0.5, 0.6) is 6.01 Å². The second-order valence-corrected chi connectivity index (χ2v) is 4.86. The first kappa shape index (κ1) is 13.5. The van der Waals surface area contributed by atoms with Crippen molar-refractivity contribution in [3.05, 3.63) is 33.8 Å². The maximum atomic E-state index is 12.0. The number of aryl methyl sites for hydroxylation is 2. The van der Waals surface area contributed by atoms with Crippen LogP contribution in [0.3, 0.4) is 0 Å². The lowest BCUT2D eigenvalue weighted by atomic mass is 10.2. The summed E-state index contributed by atoms with van der Waals surface area (Å²) >= 11 is 1.40. The molecule has 0 spiro atoms. The molecule has 2 aromatic heterocycles. The second-order valence-electron chi connectivity index (χ2n) is 3.92. The van der Waals surface area contributed by atoms with E-state index in [2.05, 4.69) is 15.3 Å². The summed E-state index contributed by atoms with van der Waals surface area (Å²) < 4.78 is 5.27. The Morgan fingerprint density at radius 3 is 2.58 bits per heavy atom. The van der Waals surface area contributed by atoms with Gasteiger partial charge < -0.3 is 10.1 Å². The van der Waals surface area contributed by atoms with Crippen LogP contribution in [-0.2, 0) is 0 Å². The van der Waals surface area contributed by atoms with Gasteiger partial charge >= 0.3 is 6.01 Å². The quantitative estimate of drug-likeness (QED) is 0.933. The second kappa shape index (κ2) is 5.79. The molecule has 2 aromatic rings. The highest BCUT2D eigenvalue weighted by atomic mass is 32.1. The van der Waals surface area contributed by atoms with E-state index >= 15 is 0 Å².